The largest absolute Gasteiger partial charge is 0.512 e. The Labute approximate surface area is 185 Å². The number of benzene rings is 1. The van der Waals surface area contributed by atoms with Gasteiger partial charge in [-0.15, -0.1) is 0 Å². The molecular formula is C28H43NO. The molecule has 2 atom stereocenters. The van der Waals surface area contributed by atoms with Crippen molar-refractivity contribution >= 4 is 6.21 Å². The Morgan fingerprint density at radius 2 is 1.73 bits per heavy atom. The summed E-state index contributed by atoms with van der Waals surface area (Å²) < 4.78 is 0. The van der Waals surface area contributed by atoms with Crippen molar-refractivity contribution in [3.63, 3.8) is 0 Å². The van der Waals surface area contributed by atoms with E-state index in [1.165, 1.54) is 33.4 Å². The fraction of sp³-hybridized carbons (Fsp3) is 0.464. The Hall–Kier alpha value is -2.35. The average Bonchev–Trinajstić information content (AvgIpc) is 2.74. The van der Waals surface area contributed by atoms with Gasteiger partial charge in [0.2, 0.25) is 0 Å². The lowest BCUT2D eigenvalue weighted by Crippen LogP contribution is -2.13. The van der Waals surface area contributed by atoms with E-state index in [1.54, 1.807) is 0 Å². The summed E-state index contributed by atoms with van der Waals surface area (Å²) in [5, 5.41) is 9.85. The minimum atomic E-state index is 0.0368. The van der Waals surface area contributed by atoms with Gasteiger partial charge in [-0.25, -0.2) is 0 Å². The number of hydrogen-bond acceptors (Lipinski definition) is 2. The van der Waals surface area contributed by atoms with E-state index in [4.69, 9.17) is 0 Å². The minimum absolute atomic E-state index is 0.0368. The van der Waals surface area contributed by atoms with Crippen LogP contribution in [0.25, 0.3) is 0 Å². The second kappa shape index (κ2) is 13.8. The predicted molar refractivity (Wildman–Crippen MR) is 136 cm³/mol. The third kappa shape index (κ3) is 6.86. The van der Waals surface area contributed by atoms with E-state index in [1.807, 2.05) is 40.8 Å². The highest BCUT2D eigenvalue weighted by atomic mass is 16.3. The van der Waals surface area contributed by atoms with Crippen LogP contribution in [0, 0.1) is 19.8 Å². The first-order valence-electron chi connectivity index (χ1n) is 11.3. The smallest absolute Gasteiger partial charge is 0.0925 e. The van der Waals surface area contributed by atoms with Crippen molar-refractivity contribution in [3.05, 3.63) is 82.3 Å². The highest BCUT2D eigenvalue weighted by Crippen LogP contribution is 2.40. The Kier molecular flexibility index (Phi) is 12.7. The van der Waals surface area contributed by atoms with Gasteiger partial charge in [-0.2, -0.15) is 0 Å². The van der Waals surface area contributed by atoms with E-state index < -0.39 is 0 Å². The lowest BCUT2D eigenvalue weighted by atomic mass is 9.78. The number of aliphatic imine (C=N–C) groups is 1. The Morgan fingerprint density at radius 3 is 2.27 bits per heavy atom. The molecule has 2 rings (SSSR count). The Morgan fingerprint density at radius 1 is 1.13 bits per heavy atom. The van der Waals surface area contributed by atoms with Gasteiger partial charge in [0.1, 0.15) is 0 Å². The molecule has 1 aliphatic carbocycles. The summed E-state index contributed by atoms with van der Waals surface area (Å²) in [5.74, 6) is 0.437. The molecule has 0 saturated carbocycles. The van der Waals surface area contributed by atoms with Gasteiger partial charge < -0.3 is 5.11 Å². The zero-order valence-electron chi connectivity index (χ0n) is 20.8. The van der Waals surface area contributed by atoms with Gasteiger partial charge in [0.25, 0.3) is 0 Å². The van der Waals surface area contributed by atoms with Gasteiger partial charge in [0.05, 0.1) is 5.76 Å². The molecule has 0 fully saturated rings. The molecule has 0 heterocycles. The molecular weight excluding hydrogens is 366 g/mol. The van der Waals surface area contributed by atoms with Crippen molar-refractivity contribution in [2.24, 2.45) is 10.9 Å². The number of aliphatic hydroxyl groups is 1. The molecule has 0 amide bonds. The highest BCUT2D eigenvalue weighted by Gasteiger charge is 2.25. The molecule has 1 aliphatic rings. The molecule has 1 aromatic rings. The molecule has 30 heavy (non-hydrogen) atoms. The van der Waals surface area contributed by atoms with Crippen LogP contribution in [0.1, 0.15) is 83.9 Å². The lowest BCUT2D eigenvalue weighted by molar-refractivity contribution is 0.350. The SMILES string of the molecule is C=C(O)C1CC=C(CC(C(=C)N=CC)c2cccc(C)c2C)C(C)=C1C.CC.CC. The highest BCUT2D eigenvalue weighted by molar-refractivity contribution is 5.56. The molecule has 0 spiro atoms. The quantitative estimate of drug-likeness (QED) is 0.369. The molecule has 2 nitrogen and oxygen atoms in total. The van der Waals surface area contributed by atoms with Crippen molar-refractivity contribution in [3.8, 4) is 0 Å². The molecule has 0 aromatic heterocycles. The maximum absolute atomic E-state index is 9.85. The van der Waals surface area contributed by atoms with Gasteiger partial charge in [-0.1, -0.05) is 70.7 Å². The van der Waals surface area contributed by atoms with Crippen LogP contribution in [0.15, 0.2) is 70.6 Å². The number of allylic oxidation sites excluding steroid dienone is 5. The Bertz CT molecular complexity index is 808. The minimum Gasteiger partial charge on any atom is -0.512 e. The first kappa shape index (κ1) is 27.7. The normalized spacial score (nSPS) is 16.7. The number of rotatable bonds is 6. The maximum Gasteiger partial charge on any atom is 0.0925 e. The predicted octanol–water partition coefficient (Wildman–Crippen LogP) is 8.79. The van der Waals surface area contributed by atoms with Crippen LogP contribution in [0.4, 0.5) is 0 Å². The van der Waals surface area contributed by atoms with Crippen LogP contribution in [-0.2, 0) is 0 Å². The maximum atomic E-state index is 9.85. The standard InChI is InChI=1S/C24H31NO.2C2H6/c1-8-25-19(6)24(23-11-9-10-15(2)16(23)3)14-21-12-13-22(20(7)26)18(5)17(21)4;2*1-2/h8-12,22,24,26H,6-7,13-14H2,1-5H3;2*1-2H3. The summed E-state index contributed by atoms with van der Waals surface area (Å²) in [6, 6.07) is 6.45. The molecule has 1 N–H and O–H groups in total. The lowest BCUT2D eigenvalue weighted by Gasteiger charge is -2.28. The van der Waals surface area contributed by atoms with Crippen molar-refractivity contribution in [2.45, 2.75) is 81.1 Å². The third-order valence-corrected chi connectivity index (χ3v) is 5.74. The van der Waals surface area contributed by atoms with Gasteiger partial charge >= 0.3 is 0 Å². The first-order chi connectivity index (χ1) is 14.3. The van der Waals surface area contributed by atoms with Gasteiger partial charge in [0.15, 0.2) is 0 Å². The zero-order valence-corrected chi connectivity index (χ0v) is 20.8. The number of hydrogen-bond donors (Lipinski definition) is 1. The summed E-state index contributed by atoms with van der Waals surface area (Å²) >= 11 is 0. The second-order valence-corrected chi connectivity index (χ2v) is 7.24. The molecule has 0 radical (unpaired) electrons. The summed E-state index contributed by atoms with van der Waals surface area (Å²) in [6.07, 6.45) is 5.73. The molecule has 0 bridgehead atoms. The van der Waals surface area contributed by atoms with Crippen molar-refractivity contribution in [1.29, 1.82) is 0 Å². The number of aliphatic hydroxyl groups excluding tert-OH is 1. The van der Waals surface area contributed by atoms with Crippen LogP contribution in [0.2, 0.25) is 0 Å². The van der Waals surface area contributed by atoms with Crippen LogP contribution < -0.4 is 0 Å². The molecule has 0 saturated heterocycles. The molecule has 1 aromatic carbocycles. The fourth-order valence-corrected chi connectivity index (χ4v) is 3.76. The van der Waals surface area contributed by atoms with E-state index in [0.717, 1.165) is 18.5 Å². The van der Waals surface area contributed by atoms with E-state index in [-0.39, 0.29) is 17.6 Å². The average molecular weight is 410 g/mol. The monoisotopic (exact) mass is 409 g/mol. The summed E-state index contributed by atoms with van der Waals surface area (Å²) in [7, 11) is 0. The third-order valence-electron chi connectivity index (χ3n) is 5.74. The van der Waals surface area contributed by atoms with E-state index in [9.17, 15) is 5.11 Å². The Balaban J connectivity index is 0.00000198. The van der Waals surface area contributed by atoms with Crippen LogP contribution >= 0.6 is 0 Å². The summed E-state index contributed by atoms with van der Waals surface area (Å²) in [6.45, 7) is 26.5. The van der Waals surface area contributed by atoms with Crippen molar-refractivity contribution in [1.82, 2.24) is 0 Å². The first-order valence-corrected chi connectivity index (χ1v) is 11.3. The van der Waals surface area contributed by atoms with E-state index >= 15 is 0 Å². The van der Waals surface area contributed by atoms with Crippen molar-refractivity contribution in [2.75, 3.05) is 0 Å². The fourth-order valence-electron chi connectivity index (χ4n) is 3.76. The molecule has 2 heteroatoms. The van der Waals surface area contributed by atoms with Crippen LogP contribution in [0.3, 0.4) is 0 Å². The van der Waals surface area contributed by atoms with Crippen LogP contribution in [-0.4, -0.2) is 11.3 Å². The van der Waals surface area contributed by atoms with Crippen molar-refractivity contribution < 1.29 is 5.11 Å². The number of aryl methyl sites for hydroxylation is 1. The topological polar surface area (TPSA) is 32.6 Å². The van der Waals surface area contributed by atoms with E-state index in [0.29, 0.717) is 0 Å². The second-order valence-electron chi connectivity index (χ2n) is 7.24. The number of nitrogens with zero attached hydrogens (tertiary/aromatic N) is 1. The summed E-state index contributed by atoms with van der Waals surface area (Å²) in [5.41, 5.74) is 8.56. The van der Waals surface area contributed by atoms with Gasteiger partial charge in [-0.3, -0.25) is 4.99 Å². The van der Waals surface area contributed by atoms with Gasteiger partial charge in [-0.05, 0) is 75.3 Å². The van der Waals surface area contributed by atoms with E-state index in [2.05, 4.69) is 70.1 Å². The molecule has 2 unspecified atom stereocenters. The summed E-state index contributed by atoms with van der Waals surface area (Å²) in [4.78, 5) is 4.51. The van der Waals surface area contributed by atoms with Crippen LogP contribution in [0.5, 0.6) is 0 Å². The molecule has 166 valence electrons. The zero-order chi connectivity index (χ0) is 23.4. The van der Waals surface area contributed by atoms with Gasteiger partial charge in [0, 0.05) is 23.7 Å². The molecule has 0 aliphatic heterocycles.